The molecule has 1 amide bonds. The second-order valence-corrected chi connectivity index (χ2v) is 13.4. The Morgan fingerprint density at radius 2 is 1.93 bits per heavy atom. The number of aryl methyl sites for hydroxylation is 1. The van der Waals surface area contributed by atoms with Gasteiger partial charge in [-0.05, 0) is 81.0 Å². The lowest BCUT2D eigenvalue weighted by atomic mass is 9.86. The van der Waals surface area contributed by atoms with Gasteiger partial charge in [0.25, 0.3) is 0 Å². The van der Waals surface area contributed by atoms with Crippen LogP contribution >= 0.6 is 0 Å². The molecule has 3 aromatic rings. The monoisotopic (exact) mass is 566 g/mol. The molecule has 1 aromatic heterocycles. The van der Waals surface area contributed by atoms with Gasteiger partial charge in [-0.3, -0.25) is 4.79 Å². The fourth-order valence-electron chi connectivity index (χ4n) is 5.41. The van der Waals surface area contributed by atoms with Gasteiger partial charge in [0.05, 0.1) is 23.7 Å². The van der Waals surface area contributed by atoms with E-state index in [0.717, 1.165) is 25.8 Å². The number of sulfonamides is 1. The standard InChI is InChI=1S/C29H38N6O4S/c1-29(2,3)31-18-20-8-13-25-21(16-20)6-5-7-26(25)34-19-22(32-33-34)17-27-28(36)30-14-15-35(27)40(37,38)24-11-9-23(39-4)10-12-24/h8-13,16,19,26-27,31H,5-7,14-15,17-18H2,1-4H3,(H,30,36)/t26-,27-/m1/s1. The first-order valence-electron chi connectivity index (χ1n) is 13.8. The van der Waals surface area contributed by atoms with Crippen molar-refractivity contribution in [3.63, 3.8) is 0 Å². The average Bonchev–Trinajstić information content (AvgIpc) is 3.40. The summed E-state index contributed by atoms with van der Waals surface area (Å²) >= 11 is 0. The molecule has 2 aromatic carbocycles. The van der Waals surface area contributed by atoms with E-state index in [-0.39, 0.29) is 41.9 Å². The zero-order valence-corrected chi connectivity index (χ0v) is 24.4. The largest absolute Gasteiger partial charge is 0.497 e. The smallest absolute Gasteiger partial charge is 0.243 e. The van der Waals surface area contributed by atoms with Crippen LogP contribution in [0.15, 0.2) is 53.6 Å². The van der Waals surface area contributed by atoms with E-state index in [1.54, 1.807) is 12.1 Å². The topological polar surface area (TPSA) is 118 Å². The van der Waals surface area contributed by atoms with Gasteiger partial charge in [0.15, 0.2) is 0 Å². The predicted octanol–water partition coefficient (Wildman–Crippen LogP) is 2.83. The minimum absolute atomic E-state index is 0.0499. The molecule has 10 nitrogen and oxygen atoms in total. The third-order valence-electron chi connectivity index (χ3n) is 7.54. The Labute approximate surface area is 236 Å². The maximum Gasteiger partial charge on any atom is 0.243 e. The lowest BCUT2D eigenvalue weighted by Crippen LogP contribution is -2.57. The number of methoxy groups -OCH3 is 1. The van der Waals surface area contributed by atoms with Crippen molar-refractivity contribution in [3.8, 4) is 5.75 Å². The van der Waals surface area contributed by atoms with Gasteiger partial charge in [-0.1, -0.05) is 23.4 Å². The number of nitrogens with one attached hydrogen (secondary N) is 2. The minimum atomic E-state index is -3.90. The lowest BCUT2D eigenvalue weighted by molar-refractivity contribution is -0.126. The second-order valence-electron chi connectivity index (χ2n) is 11.5. The van der Waals surface area contributed by atoms with Gasteiger partial charge < -0.3 is 15.4 Å². The molecule has 1 aliphatic heterocycles. The molecule has 0 saturated carbocycles. The summed E-state index contributed by atoms with van der Waals surface area (Å²) in [6.07, 6.45) is 5.00. The van der Waals surface area contributed by atoms with Crippen LogP contribution in [0, 0.1) is 0 Å². The zero-order valence-electron chi connectivity index (χ0n) is 23.6. The first-order valence-corrected chi connectivity index (χ1v) is 15.2. The van der Waals surface area contributed by atoms with Crippen LogP contribution in [-0.2, 0) is 34.2 Å². The summed E-state index contributed by atoms with van der Waals surface area (Å²) in [6.45, 7) is 7.73. The summed E-state index contributed by atoms with van der Waals surface area (Å²) in [5.41, 5.74) is 4.45. The molecule has 5 rings (SSSR count). The van der Waals surface area contributed by atoms with Crippen LogP contribution in [0.25, 0.3) is 0 Å². The van der Waals surface area contributed by atoms with Gasteiger partial charge in [-0.15, -0.1) is 5.10 Å². The van der Waals surface area contributed by atoms with Gasteiger partial charge in [0.2, 0.25) is 15.9 Å². The first kappa shape index (κ1) is 28.3. The average molecular weight is 567 g/mol. The van der Waals surface area contributed by atoms with Crippen LogP contribution in [0.3, 0.4) is 0 Å². The molecule has 1 saturated heterocycles. The number of amides is 1. The highest BCUT2D eigenvalue weighted by Crippen LogP contribution is 2.33. The van der Waals surface area contributed by atoms with Crippen molar-refractivity contribution in [3.05, 3.63) is 71.0 Å². The Morgan fingerprint density at radius 1 is 1.15 bits per heavy atom. The maximum atomic E-state index is 13.5. The highest BCUT2D eigenvalue weighted by atomic mass is 32.2. The summed E-state index contributed by atoms with van der Waals surface area (Å²) in [5.74, 6) is 0.225. The quantitative estimate of drug-likeness (QED) is 0.431. The van der Waals surface area contributed by atoms with Crippen LogP contribution < -0.4 is 15.4 Å². The molecule has 40 heavy (non-hydrogen) atoms. The van der Waals surface area contributed by atoms with E-state index in [1.165, 1.54) is 40.2 Å². The Balaban J connectivity index is 1.34. The first-order chi connectivity index (χ1) is 19.0. The SMILES string of the molecule is COc1ccc(S(=O)(=O)N2CCNC(=O)[C@H]2Cc2cn([C@@H]3CCCc4cc(CNC(C)(C)C)ccc43)nn2)cc1. The van der Waals surface area contributed by atoms with Crippen molar-refractivity contribution in [2.24, 2.45) is 0 Å². The van der Waals surface area contributed by atoms with Crippen molar-refractivity contribution in [1.29, 1.82) is 0 Å². The van der Waals surface area contributed by atoms with E-state index < -0.39 is 16.1 Å². The Hall–Kier alpha value is -3.28. The summed E-state index contributed by atoms with van der Waals surface area (Å²) < 4.78 is 35.3. The minimum Gasteiger partial charge on any atom is -0.497 e. The molecule has 0 bridgehead atoms. The maximum absolute atomic E-state index is 13.5. The van der Waals surface area contributed by atoms with Crippen LogP contribution in [-0.4, -0.2) is 65.4 Å². The van der Waals surface area contributed by atoms with Gasteiger partial charge >= 0.3 is 0 Å². The molecule has 0 spiro atoms. The summed E-state index contributed by atoms with van der Waals surface area (Å²) in [6, 6.07) is 12.0. The Bertz CT molecular complexity index is 1460. The molecule has 2 heterocycles. The van der Waals surface area contributed by atoms with Crippen LogP contribution in [0.2, 0.25) is 0 Å². The van der Waals surface area contributed by atoms with Crippen LogP contribution in [0.5, 0.6) is 5.75 Å². The number of fused-ring (bicyclic) bond motifs is 1. The lowest BCUT2D eigenvalue weighted by Gasteiger charge is -2.33. The molecular weight excluding hydrogens is 528 g/mol. The molecule has 1 fully saturated rings. The number of ether oxygens (including phenoxy) is 1. The molecule has 0 unspecified atom stereocenters. The second kappa shape index (κ2) is 11.3. The van der Waals surface area contributed by atoms with Crippen molar-refractivity contribution in [1.82, 2.24) is 29.9 Å². The predicted molar refractivity (Wildman–Crippen MR) is 152 cm³/mol. The van der Waals surface area contributed by atoms with Crippen molar-refractivity contribution >= 4 is 15.9 Å². The molecule has 11 heteroatoms. The van der Waals surface area contributed by atoms with E-state index in [4.69, 9.17) is 4.74 Å². The van der Waals surface area contributed by atoms with Gasteiger partial charge in [-0.2, -0.15) is 4.31 Å². The highest BCUT2D eigenvalue weighted by molar-refractivity contribution is 7.89. The number of hydrogen-bond acceptors (Lipinski definition) is 7. The number of nitrogens with zero attached hydrogens (tertiary/aromatic N) is 4. The van der Waals surface area contributed by atoms with E-state index in [0.29, 0.717) is 11.4 Å². The fourth-order valence-corrected chi connectivity index (χ4v) is 7.00. The molecule has 214 valence electrons. The van der Waals surface area contributed by atoms with Crippen LogP contribution in [0.1, 0.15) is 62.0 Å². The van der Waals surface area contributed by atoms with E-state index in [1.807, 2.05) is 10.9 Å². The van der Waals surface area contributed by atoms with Crippen molar-refractivity contribution < 1.29 is 17.9 Å². The van der Waals surface area contributed by atoms with E-state index >= 15 is 0 Å². The van der Waals surface area contributed by atoms with Crippen molar-refractivity contribution in [2.45, 2.75) is 75.5 Å². The Morgan fingerprint density at radius 3 is 2.65 bits per heavy atom. The summed E-state index contributed by atoms with van der Waals surface area (Å²) in [5, 5.41) is 15.1. The number of carbonyl (C=O) groups excluding carboxylic acids is 1. The normalized spacial score (nSPS) is 20.1. The number of carbonyl (C=O) groups is 1. The molecule has 2 N–H and O–H groups in total. The third-order valence-corrected chi connectivity index (χ3v) is 9.46. The van der Waals surface area contributed by atoms with E-state index in [2.05, 4.69) is 59.9 Å². The molecule has 2 aliphatic rings. The number of piperazine rings is 1. The number of rotatable bonds is 8. The molecule has 2 atom stereocenters. The molecular formula is C29H38N6O4S. The van der Waals surface area contributed by atoms with Crippen molar-refractivity contribution in [2.75, 3.05) is 20.2 Å². The van der Waals surface area contributed by atoms with Crippen LogP contribution in [0.4, 0.5) is 0 Å². The van der Waals surface area contributed by atoms with Gasteiger partial charge in [0, 0.05) is 37.8 Å². The molecule has 0 radical (unpaired) electrons. The summed E-state index contributed by atoms with van der Waals surface area (Å²) in [4.78, 5) is 13.0. The van der Waals surface area contributed by atoms with Gasteiger partial charge in [-0.25, -0.2) is 13.1 Å². The third kappa shape index (κ3) is 6.06. The number of aromatic nitrogens is 3. The number of hydrogen-bond donors (Lipinski definition) is 2. The highest BCUT2D eigenvalue weighted by Gasteiger charge is 2.39. The Kier molecular flexibility index (Phi) is 7.98. The van der Waals surface area contributed by atoms with E-state index in [9.17, 15) is 13.2 Å². The van der Waals surface area contributed by atoms with Gasteiger partial charge in [0.1, 0.15) is 11.8 Å². The zero-order chi connectivity index (χ0) is 28.5. The summed E-state index contributed by atoms with van der Waals surface area (Å²) in [7, 11) is -2.38. The fraction of sp³-hybridized carbons (Fsp3) is 0.483. The number of benzene rings is 2. The molecule has 1 aliphatic carbocycles.